The molecular weight excluding hydrogens is 280 g/mol. The van der Waals surface area contributed by atoms with E-state index in [0.717, 1.165) is 33.2 Å². The molecule has 5 heteroatoms. The number of rotatable bonds is 2. The smallest absolute Gasteiger partial charge is 0.137 e. The van der Waals surface area contributed by atoms with Gasteiger partial charge in [-0.3, -0.25) is 4.40 Å². The molecule has 4 rings (SSSR count). The van der Waals surface area contributed by atoms with Crippen molar-refractivity contribution in [2.45, 2.75) is 0 Å². The minimum atomic E-state index is 0.763. The van der Waals surface area contributed by atoms with Crippen LogP contribution < -0.4 is 5.73 Å². The Morgan fingerprint density at radius 2 is 1.86 bits per heavy atom. The summed E-state index contributed by atoms with van der Waals surface area (Å²) in [6, 6.07) is 11.9. The molecule has 0 fully saturated rings. The lowest BCUT2D eigenvalue weighted by Crippen LogP contribution is -1.89. The number of imidazole rings is 1. The Morgan fingerprint density at radius 3 is 2.62 bits per heavy atom. The van der Waals surface area contributed by atoms with Gasteiger partial charge in [-0.15, -0.1) is 11.3 Å². The minimum absolute atomic E-state index is 0.763. The SMILES string of the molecule is Nc1ccc(-c2cnc3cc(-c4nccs4)ccn23)cc1. The molecule has 0 unspecified atom stereocenters. The number of benzene rings is 1. The first kappa shape index (κ1) is 12.1. The van der Waals surface area contributed by atoms with Gasteiger partial charge in [0.05, 0.1) is 11.9 Å². The van der Waals surface area contributed by atoms with E-state index in [2.05, 4.69) is 26.5 Å². The zero-order chi connectivity index (χ0) is 14.2. The second-order valence-electron chi connectivity index (χ2n) is 4.75. The van der Waals surface area contributed by atoms with Crippen LogP contribution in [-0.4, -0.2) is 14.4 Å². The van der Waals surface area contributed by atoms with Gasteiger partial charge in [-0.1, -0.05) is 12.1 Å². The number of aromatic nitrogens is 3. The highest BCUT2D eigenvalue weighted by Crippen LogP contribution is 2.26. The summed E-state index contributed by atoms with van der Waals surface area (Å²) in [4.78, 5) is 8.83. The van der Waals surface area contributed by atoms with E-state index >= 15 is 0 Å². The molecule has 0 aliphatic heterocycles. The molecule has 3 heterocycles. The van der Waals surface area contributed by atoms with Gasteiger partial charge >= 0.3 is 0 Å². The molecule has 0 spiro atoms. The summed E-state index contributed by atoms with van der Waals surface area (Å²) in [5.41, 5.74) is 10.7. The van der Waals surface area contributed by atoms with Crippen molar-refractivity contribution in [3.63, 3.8) is 0 Å². The third-order valence-corrected chi connectivity index (χ3v) is 4.22. The van der Waals surface area contributed by atoms with Crippen LogP contribution in [0.15, 0.2) is 60.4 Å². The van der Waals surface area contributed by atoms with E-state index < -0.39 is 0 Å². The topological polar surface area (TPSA) is 56.2 Å². The van der Waals surface area contributed by atoms with Crippen LogP contribution in [-0.2, 0) is 0 Å². The van der Waals surface area contributed by atoms with E-state index in [1.54, 1.807) is 11.3 Å². The van der Waals surface area contributed by atoms with E-state index in [1.807, 2.05) is 48.2 Å². The molecule has 0 atom stereocenters. The summed E-state index contributed by atoms with van der Waals surface area (Å²) < 4.78 is 2.07. The normalized spacial score (nSPS) is 11.0. The molecule has 4 nitrogen and oxygen atoms in total. The molecule has 0 saturated carbocycles. The number of fused-ring (bicyclic) bond motifs is 1. The Hall–Kier alpha value is -2.66. The van der Waals surface area contributed by atoms with E-state index in [0.29, 0.717) is 0 Å². The van der Waals surface area contributed by atoms with Crippen LogP contribution in [0.5, 0.6) is 0 Å². The molecular formula is C16H12N4S. The molecule has 0 radical (unpaired) electrons. The fourth-order valence-electron chi connectivity index (χ4n) is 2.35. The number of anilines is 1. The third-order valence-electron chi connectivity index (χ3n) is 3.40. The minimum Gasteiger partial charge on any atom is -0.399 e. The van der Waals surface area contributed by atoms with Crippen molar-refractivity contribution in [1.29, 1.82) is 0 Å². The Bertz CT molecular complexity index is 892. The van der Waals surface area contributed by atoms with Crippen molar-refractivity contribution in [2.24, 2.45) is 0 Å². The zero-order valence-electron chi connectivity index (χ0n) is 11.1. The highest BCUT2D eigenvalue weighted by Gasteiger charge is 2.08. The molecule has 1 aromatic carbocycles. The largest absolute Gasteiger partial charge is 0.399 e. The Kier molecular flexibility index (Phi) is 2.72. The molecule has 102 valence electrons. The highest BCUT2D eigenvalue weighted by molar-refractivity contribution is 7.13. The van der Waals surface area contributed by atoms with Crippen LogP contribution >= 0.6 is 11.3 Å². The maximum absolute atomic E-state index is 5.74. The second-order valence-corrected chi connectivity index (χ2v) is 5.64. The Labute approximate surface area is 125 Å². The lowest BCUT2D eigenvalue weighted by Gasteiger charge is -2.03. The van der Waals surface area contributed by atoms with E-state index in [-0.39, 0.29) is 0 Å². The number of pyridine rings is 1. The monoisotopic (exact) mass is 292 g/mol. The van der Waals surface area contributed by atoms with E-state index in [9.17, 15) is 0 Å². The van der Waals surface area contributed by atoms with Gasteiger partial charge in [0, 0.05) is 34.6 Å². The van der Waals surface area contributed by atoms with Crippen LogP contribution in [0.1, 0.15) is 0 Å². The first-order chi connectivity index (χ1) is 10.3. The van der Waals surface area contributed by atoms with Crippen LogP contribution in [0.25, 0.3) is 27.5 Å². The maximum Gasteiger partial charge on any atom is 0.137 e. The fourth-order valence-corrected chi connectivity index (χ4v) is 2.98. The Balaban J connectivity index is 1.84. The predicted molar refractivity (Wildman–Crippen MR) is 86.1 cm³/mol. The summed E-state index contributed by atoms with van der Waals surface area (Å²) in [6.45, 7) is 0. The molecule has 0 aliphatic rings. The maximum atomic E-state index is 5.74. The summed E-state index contributed by atoms with van der Waals surface area (Å²) in [6.07, 6.45) is 5.73. The summed E-state index contributed by atoms with van der Waals surface area (Å²) in [5.74, 6) is 0. The average molecular weight is 292 g/mol. The van der Waals surface area contributed by atoms with Crippen LogP contribution in [0.2, 0.25) is 0 Å². The number of nitrogens with two attached hydrogens (primary N) is 1. The molecule has 21 heavy (non-hydrogen) atoms. The van der Waals surface area contributed by atoms with Gasteiger partial charge in [-0.05, 0) is 24.3 Å². The van der Waals surface area contributed by atoms with Crippen molar-refractivity contribution >= 4 is 22.7 Å². The van der Waals surface area contributed by atoms with Crippen LogP contribution in [0, 0.1) is 0 Å². The third kappa shape index (κ3) is 2.08. The van der Waals surface area contributed by atoms with Crippen LogP contribution in [0.3, 0.4) is 0 Å². The predicted octanol–water partition coefficient (Wildman–Crippen LogP) is 3.71. The molecule has 0 saturated heterocycles. The lowest BCUT2D eigenvalue weighted by atomic mass is 10.1. The van der Waals surface area contributed by atoms with Crippen molar-refractivity contribution in [3.8, 4) is 21.8 Å². The van der Waals surface area contributed by atoms with E-state index in [4.69, 9.17) is 5.73 Å². The fraction of sp³-hybridized carbons (Fsp3) is 0. The van der Waals surface area contributed by atoms with Gasteiger partial charge in [0.1, 0.15) is 10.7 Å². The van der Waals surface area contributed by atoms with Gasteiger partial charge < -0.3 is 5.73 Å². The summed E-state index contributed by atoms with van der Waals surface area (Å²) in [7, 11) is 0. The molecule has 3 aromatic heterocycles. The van der Waals surface area contributed by atoms with Gasteiger partial charge in [-0.25, -0.2) is 9.97 Å². The molecule has 4 aromatic rings. The number of nitrogens with zero attached hydrogens (tertiary/aromatic N) is 3. The quantitative estimate of drug-likeness (QED) is 0.573. The van der Waals surface area contributed by atoms with Gasteiger partial charge in [0.15, 0.2) is 0 Å². The molecule has 0 bridgehead atoms. The highest BCUT2D eigenvalue weighted by atomic mass is 32.1. The van der Waals surface area contributed by atoms with Gasteiger partial charge in [0.2, 0.25) is 0 Å². The molecule has 0 aliphatic carbocycles. The molecule has 0 amide bonds. The van der Waals surface area contributed by atoms with Crippen LogP contribution in [0.4, 0.5) is 5.69 Å². The standard InChI is InChI=1S/C16H12N4S/c17-13-3-1-11(2-4-13)14-10-19-15-9-12(5-7-20(14)15)16-18-6-8-21-16/h1-10H,17H2. The number of thiazole rings is 1. The number of nitrogen functional groups attached to an aromatic ring is 1. The first-order valence-corrected chi connectivity index (χ1v) is 7.42. The van der Waals surface area contributed by atoms with Gasteiger partial charge in [-0.2, -0.15) is 0 Å². The van der Waals surface area contributed by atoms with E-state index in [1.165, 1.54) is 0 Å². The van der Waals surface area contributed by atoms with Crippen molar-refractivity contribution in [2.75, 3.05) is 5.73 Å². The summed E-state index contributed by atoms with van der Waals surface area (Å²) >= 11 is 1.63. The van der Waals surface area contributed by atoms with Gasteiger partial charge in [0.25, 0.3) is 0 Å². The second kappa shape index (κ2) is 4.71. The van der Waals surface area contributed by atoms with Crippen molar-refractivity contribution in [3.05, 3.63) is 60.4 Å². The zero-order valence-corrected chi connectivity index (χ0v) is 11.9. The van der Waals surface area contributed by atoms with Crippen molar-refractivity contribution in [1.82, 2.24) is 14.4 Å². The molecule has 2 N–H and O–H groups in total. The average Bonchev–Trinajstić information content (AvgIpc) is 3.17. The number of hydrogen-bond acceptors (Lipinski definition) is 4. The lowest BCUT2D eigenvalue weighted by molar-refractivity contribution is 1.19. The summed E-state index contributed by atoms with van der Waals surface area (Å²) in [5, 5.41) is 2.99. The number of hydrogen-bond donors (Lipinski definition) is 1. The first-order valence-electron chi connectivity index (χ1n) is 6.54. The van der Waals surface area contributed by atoms with Crippen molar-refractivity contribution < 1.29 is 0 Å². The Morgan fingerprint density at radius 1 is 1.00 bits per heavy atom.